The lowest BCUT2D eigenvalue weighted by Crippen LogP contribution is -2.25. The first kappa shape index (κ1) is 11.7. The Balaban J connectivity index is 2.88. The molecule has 0 atom stereocenters. The summed E-state index contributed by atoms with van der Waals surface area (Å²) in [6.07, 6.45) is 1.97. The van der Waals surface area contributed by atoms with Crippen molar-refractivity contribution in [2.75, 3.05) is 6.26 Å². The van der Waals surface area contributed by atoms with E-state index in [4.69, 9.17) is 5.73 Å². The van der Waals surface area contributed by atoms with Gasteiger partial charge in [-0.3, -0.25) is 9.59 Å². The molecule has 0 fully saturated rings. The molecule has 1 amide bonds. The highest BCUT2D eigenvalue weighted by molar-refractivity contribution is 7.98. The van der Waals surface area contributed by atoms with Gasteiger partial charge in [-0.05, 0) is 36.9 Å². The van der Waals surface area contributed by atoms with Crippen LogP contribution in [0.25, 0.3) is 10.9 Å². The number of benzene rings is 1. The summed E-state index contributed by atoms with van der Waals surface area (Å²) >= 11 is 1.60. The van der Waals surface area contributed by atoms with Gasteiger partial charge in [-0.2, -0.15) is 0 Å². The molecule has 17 heavy (non-hydrogen) atoms. The van der Waals surface area contributed by atoms with Crippen LogP contribution in [-0.4, -0.2) is 17.1 Å². The Morgan fingerprint density at radius 1 is 1.41 bits per heavy atom. The van der Waals surface area contributed by atoms with E-state index in [1.807, 2.05) is 24.5 Å². The van der Waals surface area contributed by atoms with E-state index in [1.165, 1.54) is 0 Å². The molecule has 2 rings (SSSR count). The van der Waals surface area contributed by atoms with Gasteiger partial charge in [0.1, 0.15) is 5.56 Å². The summed E-state index contributed by atoms with van der Waals surface area (Å²) in [5.74, 6) is -0.694. The van der Waals surface area contributed by atoms with Gasteiger partial charge in [0.05, 0.1) is 0 Å². The van der Waals surface area contributed by atoms with E-state index in [1.54, 1.807) is 18.7 Å². The number of aromatic nitrogens is 1. The summed E-state index contributed by atoms with van der Waals surface area (Å²) in [6, 6.07) is 5.70. The molecule has 0 aliphatic rings. The molecular weight excluding hydrogens is 236 g/mol. The fourth-order valence-corrected chi connectivity index (χ4v) is 2.30. The van der Waals surface area contributed by atoms with E-state index in [9.17, 15) is 9.59 Å². The smallest absolute Gasteiger partial charge is 0.261 e. The number of carbonyl (C=O) groups excluding carboxylic acids is 1. The summed E-state index contributed by atoms with van der Waals surface area (Å²) in [6.45, 7) is 1.74. The number of rotatable bonds is 2. The van der Waals surface area contributed by atoms with E-state index in [2.05, 4.69) is 4.98 Å². The number of H-pyrrole nitrogens is 1. The van der Waals surface area contributed by atoms with Gasteiger partial charge in [0.25, 0.3) is 11.5 Å². The molecule has 0 saturated heterocycles. The van der Waals surface area contributed by atoms with Crippen molar-refractivity contribution in [1.82, 2.24) is 4.98 Å². The van der Waals surface area contributed by atoms with E-state index in [0.29, 0.717) is 5.56 Å². The van der Waals surface area contributed by atoms with Crippen molar-refractivity contribution in [3.63, 3.8) is 0 Å². The number of pyridine rings is 1. The molecule has 5 heteroatoms. The Kier molecular flexibility index (Phi) is 2.93. The highest BCUT2D eigenvalue weighted by atomic mass is 32.2. The third-order valence-corrected chi connectivity index (χ3v) is 3.45. The highest BCUT2D eigenvalue weighted by Crippen LogP contribution is 2.23. The van der Waals surface area contributed by atoms with Crippen LogP contribution in [0.15, 0.2) is 27.9 Å². The molecule has 0 aliphatic carbocycles. The van der Waals surface area contributed by atoms with Gasteiger partial charge in [-0.1, -0.05) is 0 Å². The molecule has 0 saturated carbocycles. The average molecular weight is 248 g/mol. The minimum absolute atomic E-state index is 0.0377. The van der Waals surface area contributed by atoms with Crippen LogP contribution in [0.2, 0.25) is 0 Å². The second-order valence-electron chi connectivity index (χ2n) is 3.73. The molecule has 1 heterocycles. The SMILES string of the molecule is CSc1ccc2[nH]c(=O)c(C(N)=O)c(C)c2c1. The van der Waals surface area contributed by atoms with Gasteiger partial charge >= 0.3 is 0 Å². The van der Waals surface area contributed by atoms with Gasteiger partial charge in [-0.25, -0.2) is 0 Å². The van der Waals surface area contributed by atoms with Crippen LogP contribution in [0.5, 0.6) is 0 Å². The number of primary amides is 1. The summed E-state index contributed by atoms with van der Waals surface area (Å²) in [5.41, 5.74) is 6.17. The molecule has 1 aromatic heterocycles. The van der Waals surface area contributed by atoms with E-state index >= 15 is 0 Å². The summed E-state index contributed by atoms with van der Waals surface area (Å²) in [5, 5.41) is 0.852. The first-order valence-corrected chi connectivity index (χ1v) is 6.27. The van der Waals surface area contributed by atoms with Crippen molar-refractivity contribution in [1.29, 1.82) is 0 Å². The number of hydrogen-bond acceptors (Lipinski definition) is 3. The number of fused-ring (bicyclic) bond motifs is 1. The molecule has 0 aliphatic heterocycles. The lowest BCUT2D eigenvalue weighted by Gasteiger charge is -2.07. The molecule has 0 radical (unpaired) electrons. The number of hydrogen-bond donors (Lipinski definition) is 2. The average Bonchev–Trinajstić information content (AvgIpc) is 2.28. The van der Waals surface area contributed by atoms with Crippen molar-refractivity contribution in [2.45, 2.75) is 11.8 Å². The van der Waals surface area contributed by atoms with Crippen molar-refractivity contribution in [3.05, 3.63) is 39.7 Å². The monoisotopic (exact) mass is 248 g/mol. The minimum Gasteiger partial charge on any atom is -0.365 e. The summed E-state index contributed by atoms with van der Waals surface area (Å²) in [7, 11) is 0. The molecule has 3 N–H and O–H groups in total. The molecule has 1 aromatic carbocycles. The van der Waals surface area contributed by atoms with Gasteiger partial charge in [0, 0.05) is 15.8 Å². The topological polar surface area (TPSA) is 75.9 Å². The van der Waals surface area contributed by atoms with Gasteiger partial charge in [0.2, 0.25) is 0 Å². The standard InChI is InChI=1S/C12H12N2O2S/c1-6-8-5-7(17-2)3-4-9(8)14-12(16)10(6)11(13)15/h3-5H,1-2H3,(H2,13,15)(H,14,16). The number of carbonyl (C=O) groups is 1. The summed E-state index contributed by atoms with van der Waals surface area (Å²) in [4.78, 5) is 26.7. The van der Waals surface area contributed by atoms with Gasteiger partial charge < -0.3 is 10.7 Å². The molecule has 0 spiro atoms. The number of aryl methyl sites for hydroxylation is 1. The fourth-order valence-electron chi connectivity index (χ4n) is 1.86. The Morgan fingerprint density at radius 2 is 2.12 bits per heavy atom. The normalized spacial score (nSPS) is 10.7. The number of aromatic amines is 1. The molecule has 88 valence electrons. The third kappa shape index (κ3) is 1.93. The van der Waals surface area contributed by atoms with Crippen molar-refractivity contribution in [2.24, 2.45) is 5.73 Å². The van der Waals surface area contributed by atoms with E-state index in [-0.39, 0.29) is 5.56 Å². The largest absolute Gasteiger partial charge is 0.365 e. The molecule has 4 nitrogen and oxygen atoms in total. The predicted molar refractivity (Wildman–Crippen MR) is 69.6 cm³/mol. The summed E-state index contributed by atoms with van der Waals surface area (Å²) < 4.78 is 0. The van der Waals surface area contributed by atoms with Crippen LogP contribution in [0.4, 0.5) is 0 Å². The second-order valence-corrected chi connectivity index (χ2v) is 4.61. The Bertz CT molecular complexity index is 661. The van der Waals surface area contributed by atoms with Crippen molar-refractivity contribution < 1.29 is 4.79 Å². The lowest BCUT2D eigenvalue weighted by molar-refractivity contribution is 0.0998. The number of nitrogens with two attached hydrogens (primary N) is 1. The van der Waals surface area contributed by atoms with Crippen LogP contribution in [0.3, 0.4) is 0 Å². The predicted octanol–water partition coefficient (Wildman–Crippen LogP) is 1.66. The molecule has 0 unspecified atom stereocenters. The van der Waals surface area contributed by atoms with Crippen LogP contribution in [0, 0.1) is 6.92 Å². The minimum atomic E-state index is -0.694. The Labute approximate surface area is 102 Å². The quantitative estimate of drug-likeness (QED) is 0.793. The number of amides is 1. The maximum absolute atomic E-state index is 11.7. The van der Waals surface area contributed by atoms with Gasteiger partial charge in [0.15, 0.2) is 0 Å². The first-order chi connectivity index (χ1) is 8.04. The maximum atomic E-state index is 11.7. The van der Waals surface area contributed by atoms with E-state index < -0.39 is 11.5 Å². The Morgan fingerprint density at radius 3 is 2.71 bits per heavy atom. The zero-order valence-electron chi connectivity index (χ0n) is 9.53. The van der Waals surface area contributed by atoms with Crippen LogP contribution >= 0.6 is 11.8 Å². The highest BCUT2D eigenvalue weighted by Gasteiger charge is 2.13. The van der Waals surface area contributed by atoms with Crippen LogP contribution in [0.1, 0.15) is 15.9 Å². The lowest BCUT2D eigenvalue weighted by atomic mass is 10.0. The number of nitrogens with one attached hydrogen (secondary N) is 1. The first-order valence-electron chi connectivity index (χ1n) is 5.05. The molecular formula is C12H12N2O2S. The van der Waals surface area contributed by atoms with Crippen LogP contribution in [-0.2, 0) is 0 Å². The van der Waals surface area contributed by atoms with Gasteiger partial charge in [-0.15, -0.1) is 11.8 Å². The molecule has 2 aromatic rings. The second kappa shape index (κ2) is 4.25. The third-order valence-electron chi connectivity index (χ3n) is 2.73. The van der Waals surface area contributed by atoms with Crippen molar-refractivity contribution in [3.8, 4) is 0 Å². The number of thioether (sulfide) groups is 1. The molecule has 0 bridgehead atoms. The maximum Gasteiger partial charge on any atom is 0.261 e. The Hall–Kier alpha value is -1.75. The fraction of sp³-hybridized carbons (Fsp3) is 0.167. The van der Waals surface area contributed by atoms with Crippen LogP contribution < -0.4 is 11.3 Å². The zero-order valence-corrected chi connectivity index (χ0v) is 10.4. The van der Waals surface area contributed by atoms with Crippen molar-refractivity contribution >= 4 is 28.6 Å². The zero-order chi connectivity index (χ0) is 12.6. The van der Waals surface area contributed by atoms with E-state index in [0.717, 1.165) is 15.8 Å².